The molecule has 0 saturated heterocycles. The van der Waals surface area contributed by atoms with Gasteiger partial charge in [0.15, 0.2) is 11.5 Å². The van der Waals surface area contributed by atoms with Gasteiger partial charge in [0.25, 0.3) is 0 Å². The number of anilines is 1. The highest BCUT2D eigenvalue weighted by Crippen LogP contribution is 2.33. The van der Waals surface area contributed by atoms with Gasteiger partial charge in [-0.2, -0.15) is 8.78 Å². The highest BCUT2D eigenvalue weighted by molar-refractivity contribution is 5.44. The van der Waals surface area contributed by atoms with Crippen molar-refractivity contribution in [3.05, 3.63) is 59.2 Å². The Kier molecular flexibility index (Phi) is 6.58. The highest BCUT2D eigenvalue weighted by Gasteiger charge is 2.18. The van der Waals surface area contributed by atoms with Gasteiger partial charge in [0, 0.05) is 6.54 Å². The van der Waals surface area contributed by atoms with Crippen molar-refractivity contribution in [2.24, 2.45) is 0 Å². The molecule has 1 atom stereocenters. The summed E-state index contributed by atoms with van der Waals surface area (Å²) >= 11 is 0. The van der Waals surface area contributed by atoms with Crippen molar-refractivity contribution in [2.75, 3.05) is 11.9 Å². The Morgan fingerprint density at radius 2 is 1.97 bits per heavy atom. The molecular weight excluding hydrogens is 380 g/mol. The second-order valence-electron chi connectivity index (χ2n) is 6.48. The van der Waals surface area contributed by atoms with Crippen LogP contribution in [0.5, 0.6) is 11.5 Å². The lowest BCUT2D eigenvalue weighted by atomic mass is 10.1. The zero-order chi connectivity index (χ0) is 20.8. The molecule has 3 aromatic rings. The third kappa shape index (κ3) is 5.18. The van der Waals surface area contributed by atoms with E-state index in [1.807, 2.05) is 32.0 Å². The molecule has 1 N–H and O–H groups in total. The van der Waals surface area contributed by atoms with Crippen LogP contribution in [0.1, 0.15) is 36.6 Å². The fourth-order valence-corrected chi connectivity index (χ4v) is 2.96. The Hall–Kier alpha value is -3.23. The molecule has 0 aliphatic heterocycles. The lowest BCUT2D eigenvalue weighted by Crippen LogP contribution is -2.14. The summed E-state index contributed by atoms with van der Waals surface area (Å²) in [7, 11) is 0. The van der Waals surface area contributed by atoms with Crippen LogP contribution in [-0.2, 0) is 6.54 Å². The van der Waals surface area contributed by atoms with Gasteiger partial charge < -0.3 is 14.8 Å². The summed E-state index contributed by atoms with van der Waals surface area (Å²) in [5.41, 5.74) is 3.08. The lowest BCUT2D eigenvalue weighted by Gasteiger charge is -2.17. The molecule has 0 fully saturated rings. The summed E-state index contributed by atoms with van der Waals surface area (Å²) in [4.78, 5) is 0. The van der Waals surface area contributed by atoms with Crippen molar-refractivity contribution in [2.45, 2.75) is 40.0 Å². The summed E-state index contributed by atoms with van der Waals surface area (Å²) in [5.74, 6) is 0.747. The number of halogens is 2. The number of rotatable bonds is 9. The first-order valence-electron chi connectivity index (χ1n) is 9.26. The molecule has 1 unspecified atom stereocenters. The van der Waals surface area contributed by atoms with E-state index in [9.17, 15) is 8.78 Å². The van der Waals surface area contributed by atoms with E-state index in [4.69, 9.17) is 4.74 Å². The SMILES string of the molecule is CCOc1cc(C(C)n2nnnc2NCc2cccc(C)c2)ccc1OC(F)F. The van der Waals surface area contributed by atoms with Crippen LogP contribution in [0, 0.1) is 6.92 Å². The van der Waals surface area contributed by atoms with Gasteiger partial charge >= 0.3 is 6.61 Å². The molecule has 154 valence electrons. The lowest BCUT2D eigenvalue weighted by molar-refractivity contribution is -0.0514. The molecule has 0 radical (unpaired) electrons. The number of hydrogen-bond donors (Lipinski definition) is 1. The van der Waals surface area contributed by atoms with Gasteiger partial charge in [-0.05, 0) is 54.5 Å². The first kappa shape index (κ1) is 20.5. The van der Waals surface area contributed by atoms with Gasteiger partial charge in [-0.1, -0.05) is 41.0 Å². The maximum atomic E-state index is 12.6. The average Bonchev–Trinajstić information content (AvgIpc) is 3.15. The standard InChI is InChI=1S/C20H23F2N5O2/c1-4-28-18-11-16(8-9-17(18)29-19(21)22)14(3)27-20(24-25-26-27)23-12-15-7-5-6-13(2)10-15/h5-11,14,19H,4,12H2,1-3H3,(H,23,24,26). The van der Waals surface area contributed by atoms with Crippen LogP contribution >= 0.6 is 0 Å². The first-order valence-corrected chi connectivity index (χ1v) is 9.26. The van der Waals surface area contributed by atoms with Crippen LogP contribution in [0.4, 0.5) is 14.7 Å². The minimum absolute atomic E-state index is 0.00712. The number of aromatic nitrogens is 4. The van der Waals surface area contributed by atoms with Crippen LogP contribution < -0.4 is 14.8 Å². The number of aryl methyl sites for hydroxylation is 1. The minimum Gasteiger partial charge on any atom is -0.490 e. The van der Waals surface area contributed by atoms with E-state index in [2.05, 4.69) is 31.6 Å². The van der Waals surface area contributed by atoms with Crippen molar-refractivity contribution in [1.82, 2.24) is 20.2 Å². The maximum Gasteiger partial charge on any atom is 0.387 e. The van der Waals surface area contributed by atoms with E-state index >= 15 is 0 Å². The number of ether oxygens (including phenoxy) is 2. The molecule has 2 aromatic carbocycles. The third-order valence-corrected chi connectivity index (χ3v) is 4.36. The quantitative estimate of drug-likeness (QED) is 0.577. The van der Waals surface area contributed by atoms with Gasteiger partial charge in [0.1, 0.15) is 0 Å². The maximum absolute atomic E-state index is 12.6. The second kappa shape index (κ2) is 9.31. The van der Waals surface area contributed by atoms with E-state index in [1.54, 1.807) is 23.7 Å². The van der Waals surface area contributed by atoms with E-state index < -0.39 is 6.61 Å². The Bertz CT molecular complexity index is 948. The van der Waals surface area contributed by atoms with Crippen molar-refractivity contribution in [1.29, 1.82) is 0 Å². The molecule has 1 aromatic heterocycles. The molecule has 0 spiro atoms. The number of alkyl halides is 2. The van der Waals surface area contributed by atoms with Crippen LogP contribution in [0.3, 0.4) is 0 Å². The Morgan fingerprint density at radius 1 is 1.14 bits per heavy atom. The molecule has 0 amide bonds. The van der Waals surface area contributed by atoms with Gasteiger partial charge in [0.05, 0.1) is 12.6 Å². The number of nitrogens with zero attached hydrogens (tertiary/aromatic N) is 4. The normalized spacial score (nSPS) is 12.1. The largest absolute Gasteiger partial charge is 0.490 e. The molecule has 0 bridgehead atoms. The monoisotopic (exact) mass is 403 g/mol. The molecule has 1 heterocycles. The third-order valence-electron chi connectivity index (χ3n) is 4.36. The van der Waals surface area contributed by atoms with Crippen LogP contribution in [0.2, 0.25) is 0 Å². The summed E-state index contributed by atoms with van der Waals surface area (Å²) in [6.07, 6.45) is 0. The zero-order valence-electron chi connectivity index (χ0n) is 16.5. The van der Waals surface area contributed by atoms with Crippen molar-refractivity contribution >= 4 is 5.95 Å². The summed E-state index contributed by atoms with van der Waals surface area (Å²) < 4.78 is 36.8. The summed E-state index contributed by atoms with van der Waals surface area (Å²) in [6.45, 7) is 3.69. The van der Waals surface area contributed by atoms with Crippen molar-refractivity contribution < 1.29 is 18.3 Å². The predicted octanol–water partition coefficient (Wildman–Crippen LogP) is 4.20. The van der Waals surface area contributed by atoms with E-state index in [-0.39, 0.29) is 17.5 Å². The fourth-order valence-electron chi connectivity index (χ4n) is 2.96. The summed E-state index contributed by atoms with van der Waals surface area (Å²) in [5, 5.41) is 15.1. The Morgan fingerprint density at radius 3 is 2.69 bits per heavy atom. The molecule has 29 heavy (non-hydrogen) atoms. The number of tetrazole rings is 1. The van der Waals surface area contributed by atoms with Crippen molar-refractivity contribution in [3.8, 4) is 11.5 Å². The van der Waals surface area contributed by atoms with Gasteiger partial charge in [-0.3, -0.25) is 0 Å². The zero-order valence-corrected chi connectivity index (χ0v) is 16.5. The highest BCUT2D eigenvalue weighted by atomic mass is 19.3. The first-order chi connectivity index (χ1) is 14.0. The molecule has 0 aliphatic rings. The molecular formula is C20H23F2N5O2. The fraction of sp³-hybridized carbons (Fsp3) is 0.350. The van der Waals surface area contributed by atoms with Crippen LogP contribution in [0.15, 0.2) is 42.5 Å². The second-order valence-corrected chi connectivity index (χ2v) is 6.48. The smallest absolute Gasteiger partial charge is 0.387 e. The van der Waals surface area contributed by atoms with Crippen LogP contribution in [-0.4, -0.2) is 33.4 Å². The van der Waals surface area contributed by atoms with Crippen LogP contribution in [0.25, 0.3) is 0 Å². The van der Waals surface area contributed by atoms with Gasteiger partial charge in [-0.25, -0.2) is 4.68 Å². The van der Waals surface area contributed by atoms with Gasteiger partial charge in [-0.15, -0.1) is 0 Å². The molecule has 7 nitrogen and oxygen atoms in total. The van der Waals surface area contributed by atoms with E-state index in [0.29, 0.717) is 19.1 Å². The number of nitrogens with one attached hydrogen (secondary N) is 1. The number of hydrogen-bond acceptors (Lipinski definition) is 6. The topological polar surface area (TPSA) is 74.1 Å². The van der Waals surface area contributed by atoms with Gasteiger partial charge in [0.2, 0.25) is 5.95 Å². The molecule has 0 aliphatic carbocycles. The number of benzene rings is 2. The molecule has 3 rings (SSSR count). The minimum atomic E-state index is -2.92. The van der Waals surface area contributed by atoms with E-state index in [1.165, 1.54) is 11.6 Å². The molecule has 0 saturated carbocycles. The summed E-state index contributed by atoms with van der Waals surface area (Å²) in [6, 6.07) is 12.7. The Balaban J connectivity index is 1.79. The van der Waals surface area contributed by atoms with E-state index in [0.717, 1.165) is 11.1 Å². The molecule has 9 heteroatoms. The Labute approximate surface area is 167 Å². The predicted molar refractivity (Wildman–Crippen MR) is 104 cm³/mol. The van der Waals surface area contributed by atoms with Crippen molar-refractivity contribution in [3.63, 3.8) is 0 Å². The average molecular weight is 403 g/mol.